The van der Waals surface area contributed by atoms with Gasteiger partial charge in [-0.25, -0.2) is 0 Å². The van der Waals surface area contributed by atoms with Crippen molar-refractivity contribution in [1.82, 2.24) is 0 Å². The molecule has 0 atom stereocenters. The first-order chi connectivity index (χ1) is 11.3. The van der Waals surface area contributed by atoms with Crippen LogP contribution in [-0.2, 0) is 23.7 Å². The Morgan fingerprint density at radius 2 is 1.00 bits per heavy atom. The molecule has 128 valence electrons. The Morgan fingerprint density at radius 1 is 0.625 bits per heavy atom. The largest absolute Gasteiger partial charge is 0.396 e. The molecule has 0 aliphatic heterocycles. The average molecular weight is 324 g/mol. The van der Waals surface area contributed by atoms with Gasteiger partial charge in [-0.15, -0.1) is 0 Å². The van der Waals surface area contributed by atoms with Crippen LogP contribution < -0.4 is 0 Å². The van der Waals surface area contributed by atoms with E-state index in [1.54, 1.807) is 0 Å². The molecular formula is C22H28O2. The van der Waals surface area contributed by atoms with Gasteiger partial charge < -0.3 is 10.2 Å². The van der Waals surface area contributed by atoms with Crippen LogP contribution in [0.5, 0.6) is 0 Å². The topological polar surface area (TPSA) is 40.5 Å². The molecule has 3 rings (SSSR count). The lowest BCUT2D eigenvalue weighted by atomic mass is 9.59. The molecule has 1 aliphatic carbocycles. The minimum Gasteiger partial charge on any atom is -0.396 e. The second-order valence-corrected chi connectivity index (χ2v) is 7.96. The van der Waals surface area contributed by atoms with E-state index in [0.717, 1.165) is 0 Å². The van der Waals surface area contributed by atoms with Gasteiger partial charge in [-0.05, 0) is 46.2 Å². The van der Waals surface area contributed by atoms with Crippen LogP contribution in [0.3, 0.4) is 0 Å². The number of aliphatic hydroxyl groups excluding tert-OH is 2. The van der Waals surface area contributed by atoms with Crippen molar-refractivity contribution in [3.05, 3.63) is 69.8 Å². The summed E-state index contributed by atoms with van der Waals surface area (Å²) < 4.78 is 0. The highest BCUT2D eigenvalue weighted by Crippen LogP contribution is 2.50. The molecule has 0 spiro atoms. The molecule has 0 bridgehead atoms. The van der Waals surface area contributed by atoms with Gasteiger partial charge in [-0.1, -0.05) is 64.1 Å². The van der Waals surface area contributed by atoms with Crippen molar-refractivity contribution in [1.29, 1.82) is 0 Å². The fourth-order valence-electron chi connectivity index (χ4n) is 4.17. The Kier molecular flexibility index (Phi) is 4.31. The van der Waals surface area contributed by atoms with Crippen molar-refractivity contribution < 1.29 is 10.2 Å². The van der Waals surface area contributed by atoms with Crippen LogP contribution >= 0.6 is 0 Å². The van der Waals surface area contributed by atoms with E-state index in [1.165, 1.54) is 33.4 Å². The summed E-state index contributed by atoms with van der Waals surface area (Å²) in [5.41, 5.74) is 7.71. The summed E-state index contributed by atoms with van der Waals surface area (Å²) in [4.78, 5) is 0. The predicted octanol–water partition coefficient (Wildman–Crippen LogP) is 3.72. The molecule has 24 heavy (non-hydrogen) atoms. The van der Waals surface area contributed by atoms with Gasteiger partial charge in [0.15, 0.2) is 0 Å². The van der Waals surface area contributed by atoms with Gasteiger partial charge in [0.05, 0.1) is 0 Å². The third kappa shape index (κ3) is 2.58. The summed E-state index contributed by atoms with van der Waals surface area (Å²) in [6.45, 7) is 9.51. The van der Waals surface area contributed by atoms with Gasteiger partial charge in [-0.3, -0.25) is 0 Å². The first-order valence-electron chi connectivity index (χ1n) is 8.82. The van der Waals surface area contributed by atoms with Crippen LogP contribution in [0, 0.1) is 0 Å². The van der Waals surface area contributed by atoms with E-state index in [4.69, 9.17) is 0 Å². The molecule has 0 saturated heterocycles. The summed E-state index contributed by atoms with van der Waals surface area (Å²) in [5, 5.41) is 18.5. The molecule has 0 radical (unpaired) electrons. The number of aliphatic hydroxyl groups is 2. The van der Waals surface area contributed by atoms with Crippen LogP contribution in [0.4, 0.5) is 0 Å². The lowest BCUT2D eigenvalue weighted by Crippen LogP contribution is -2.36. The van der Waals surface area contributed by atoms with Crippen LogP contribution in [0.25, 0.3) is 0 Å². The monoisotopic (exact) mass is 324 g/mol. The molecule has 1 aliphatic rings. The third-order valence-corrected chi connectivity index (χ3v) is 5.66. The van der Waals surface area contributed by atoms with Gasteiger partial charge in [0.2, 0.25) is 0 Å². The first-order valence-corrected chi connectivity index (χ1v) is 8.82. The predicted molar refractivity (Wildman–Crippen MR) is 98.7 cm³/mol. The fraction of sp³-hybridized carbons (Fsp3) is 0.455. The van der Waals surface area contributed by atoms with Crippen molar-refractivity contribution in [2.45, 2.75) is 51.4 Å². The second-order valence-electron chi connectivity index (χ2n) is 7.96. The maximum atomic E-state index is 9.27. The summed E-state index contributed by atoms with van der Waals surface area (Å²) in [7, 11) is 0. The van der Waals surface area contributed by atoms with Gasteiger partial charge >= 0.3 is 0 Å². The molecule has 2 N–H and O–H groups in total. The number of rotatable bonds is 4. The highest BCUT2D eigenvalue weighted by Gasteiger charge is 2.41. The SMILES string of the molecule is CC1(C)c2ccc(CCO)cc2C(C)(C)c2ccc(CCO)cc21. The van der Waals surface area contributed by atoms with E-state index in [0.29, 0.717) is 12.8 Å². The Morgan fingerprint density at radius 3 is 1.33 bits per heavy atom. The standard InChI is InChI=1S/C22H28O2/c1-21(2)17-7-5-16(10-12-24)14-20(17)22(3,4)18-8-6-15(9-11-23)13-19(18)21/h5-8,13-14,23-24H,9-12H2,1-4H3. The lowest BCUT2D eigenvalue weighted by molar-refractivity contribution is 0.299. The highest BCUT2D eigenvalue weighted by molar-refractivity contribution is 5.59. The zero-order chi connectivity index (χ0) is 17.5. The molecule has 0 unspecified atom stereocenters. The van der Waals surface area contributed by atoms with Crippen LogP contribution in [-0.4, -0.2) is 23.4 Å². The van der Waals surface area contributed by atoms with Crippen molar-refractivity contribution in [3.8, 4) is 0 Å². The molecule has 0 aromatic heterocycles. The summed E-state index contributed by atoms with van der Waals surface area (Å²) in [6.07, 6.45) is 1.40. The molecule has 0 heterocycles. The summed E-state index contributed by atoms with van der Waals surface area (Å²) in [6, 6.07) is 13.3. The maximum Gasteiger partial charge on any atom is 0.0471 e. The number of benzene rings is 2. The molecular weight excluding hydrogens is 296 g/mol. The lowest BCUT2D eigenvalue weighted by Gasteiger charge is -2.44. The van der Waals surface area contributed by atoms with Crippen molar-refractivity contribution >= 4 is 0 Å². The molecule has 2 aromatic rings. The minimum atomic E-state index is -0.0661. The van der Waals surface area contributed by atoms with Gasteiger partial charge in [-0.2, -0.15) is 0 Å². The third-order valence-electron chi connectivity index (χ3n) is 5.66. The van der Waals surface area contributed by atoms with Crippen molar-refractivity contribution in [2.75, 3.05) is 13.2 Å². The molecule has 2 nitrogen and oxygen atoms in total. The Bertz CT molecular complexity index is 691. The zero-order valence-corrected chi connectivity index (χ0v) is 15.2. The van der Waals surface area contributed by atoms with E-state index in [2.05, 4.69) is 64.1 Å². The van der Waals surface area contributed by atoms with Crippen LogP contribution in [0.1, 0.15) is 61.1 Å². The molecule has 2 aromatic carbocycles. The van der Waals surface area contributed by atoms with E-state index in [1.807, 2.05) is 0 Å². The molecule has 0 amide bonds. The normalized spacial score (nSPS) is 17.2. The van der Waals surface area contributed by atoms with Gasteiger partial charge in [0.1, 0.15) is 0 Å². The van der Waals surface area contributed by atoms with E-state index in [9.17, 15) is 10.2 Å². The van der Waals surface area contributed by atoms with E-state index >= 15 is 0 Å². The average Bonchev–Trinajstić information content (AvgIpc) is 2.54. The second kappa shape index (κ2) is 6.02. The Balaban J connectivity index is 2.22. The molecule has 0 saturated carbocycles. The van der Waals surface area contributed by atoms with E-state index < -0.39 is 0 Å². The molecule has 0 fully saturated rings. The minimum absolute atomic E-state index is 0.0661. The van der Waals surface area contributed by atoms with Crippen LogP contribution in [0.15, 0.2) is 36.4 Å². The van der Waals surface area contributed by atoms with Gasteiger partial charge in [0.25, 0.3) is 0 Å². The highest BCUT2D eigenvalue weighted by atomic mass is 16.3. The number of hydrogen-bond donors (Lipinski definition) is 2. The van der Waals surface area contributed by atoms with Crippen molar-refractivity contribution in [2.24, 2.45) is 0 Å². The Labute approximate surface area is 145 Å². The number of hydrogen-bond acceptors (Lipinski definition) is 2. The smallest absolute Gasteiger partial charge is 0.0471 e. The Hall–Kier alpha value is -1.64. The summed E-state index contributed by atoms with van der Waals surface area (Å²) in [5.74, 6) is 0. The first kappa shape index (κ1) is 17.2. The quantitative estimate of drug-likeness (QED) is 0.900. The fourth-order valence-corrected chi connectivity index (χ4v) is 4.17. The van der Waals surface area contributed by atoms with Crippen molar-refractivity contribution in [3.63, 3.8) is 0 Å². The molecule has 2 heteroatoms. The summed E-state index contributed by atoms with van der Waals surface area (Å²) >= 11 is 0. The zero-order valence-electron chi connectivity index (χ0n) is 15.2. The van der Waals surface area contributed by atoms with Gasteiger partial charge in [0, 0.05) is 24.0 Å². The number of fused-ring (bicyclic) bond motifs is 2. The maximum absolute atomic E-state index is 9.27. The van der Waals surface area contributed by atoms with E-state index in [-0.39, 0.29) is 24.0 Å². The van der Waals surface area contributed by atoms with Crippen LogP contribution in [0.2, 0.25) is 0 Å².